The van der Waals surface area contributed by atoms with Crippen LogP contribution in [0, 0.1) is 24.7 Å². The Bertz CT molecular complexity index is 336. The van der Waals surface area contributed by atoms with Crippen molar-refractivity contribution in [2.45, 2.75) is 25.4 Å². The molecule has 2 aliphatic rings. The molecular weight excluding hydrogens is 220 g/mol. The van der Waals surface area contributed by atoms with Gasteiger partial charge in [0.15, 0.2) is 0 Å². The van der Waals surface area contributed by atoms with Gasteiger partial charge in [0.05, 0.1) is 12.5 Å². The van der Waals surface area contributed by atoms with Crippen LogP contribution in [0.1, 0.15) is 19.3 Å². The number of ether oxygens (including phenoxy) is 2. The Labute approximate surface area is 101 Å². The van der Waals surface area contributed by atoms with E-state index in [4.69, 9.17) is 9.47 Å². The van der Waals surface area contributed by atoms with E-state index in [0.717, 1.165) is 19.3 Å². The fourth-order valence-electron chi connectivity index (χ4n) is 3.06. The summed E-state index contributed by atoms with van der Waals surface area (Å²) in [6, 6.07) is 0. The van der Waals surface area contributed by atoms with Crippen LogP contribution in [0.5, 0.6) is 0 Å². The lowest BCUT2D eigenvalue weighted by Crippen LogP contribution is -2.31. The molecule has 4 nitrogen and oxygen atoms in total. The molecule has 0 aromatic carbocycles. The van der Waals surface area contributed by atoms with E-state index in [-0.39, 0.29) is 30.6 Å². The molecule has 2 saturated carbocycles. The van der Waals surface area contributed by atoms with Crippen LogP contribution >= 0.6 is 0 Å². The van der Waals surface area contributed by atoms with E-state index in [1.807, 2.05) is 0 Å². The van der Waals surface area contributed by atoms with Crippen LogP contribution in [-0.2, 0) is 19.1 Å². The Morgan fingerprint density at radius 2 is 2.00 bits per heavy atom. The molecule has 2 bridgehead atoms. The highest BCUT2D eigenvalue weighted by Gasteiger charge is 2.50. The summed E-state index contributed by atoms with van der Waals surface area (Å²) in [7, 11) is 0. The van der Waals surface area contributed by atoms with E-state index in [2.05, 4.69) is 13.5 Å². The first kappa shape index (κ1) is 12.1. The summed E-state index contributed by atoms with van der Waals surface area (Å²) in [5.41, 5.74) is 0. The van der Waals surface area contributed by atoms with Gasteiger partial charge in [0, 0.05) is 6.08 Å². The molecule has 1 radical (unpaired) electrons. The number of rotatable bonds is 4. The summed E-state index contributed by atoms with van der Waals surface area (Å²) < 4.78 is 10.2. The van der Waals surface area contributed by atoms with Crippen LogP contribution in [0.25, 0.3) is 0 Å². The summed E-state index contributed by atoms with van der Waals surface area (Å²) in [4.78, 5) is 22.8. The SMILES string of the molecule is [CH2]COC(=O)C1CC2CC1CC2OC(=O)C=C. The van der Waals surface area contributed by atoms with Crippen molar-refractivity contribution in [3.05, 3.63) is 19.6 Å². The van der Waals surface area contributed by atoms with Crippen LogP contribution in [-0.4, -0.2) is 24.6 Å². The average Bonchev–Trinajstić information content (AvgIpc) is 2.88. The summed E-state index contributed by atoms with van der Waals surface area (Å²) in [5, 5.41) is 0. The number of carbonyl (C=O) groups excluding carboxylic acids is 2. The maximum atomic E-state index is 11.6. The van der Waals surface area contributed by atoms with Crippen LogP contribution < -0.4 is 0 Å². The van der Waals surface area contributed by atoms with E-state index >= 15 is 0 Å². The maximum absolute atomic E-state index is 11.6. The van der Waals surface area contributed by atoms with Crippen molar-refractivity contribution in [3.8, 4) is 0 Å². The Balaban J connectivity index is 1.89. The summed E-state index contributed by atoms with van der Waals surface area (Å²) in [6.45, 7) is 7.06. The van der Waals surface area contributed by atoms with E-state index in [9.17, 15) is 9.59 Å². The zero-order valence-electron chi connectivity index (χ0n) is 9.76. The number of hydrogen-bond acceptors (Lipinski definition) is 4. The fourth-order valence-corrected chi connectivity index (χ4v) is 3.06. The minimum absolute atomic E-state index is 0.0274. The van der Waals surface area contributed by atoms with E-state index in [1.54, 1.807) is 0 Å². The summed E-state index contributed by atoms with van der Waals surface area (Å²) in [5.74, 6) is 0.0359. The van der Waals surface area contributed by atoms with Crippen molar-refractivity contribution in [3.63, 3.8) is 0 Å². The molecule has 0 heterocycles. The standard InChI is InChI=1S/C13H17O4/c1-3-12(14)17-11-7-8-5-9(11)6-10(8)13(15)16-4-2/h3,8-11H,1-2,4-7H2. The normalized spacial score (nSPS) is 34.4. The number of esters is 2. The molecule has 0 aromatic rings. The van der Waals surface area contributed by atoms with Crippen LogP contribution in [0.2, 0.25) is 0 Å². The molecule has 2 aliphatic carbocycles. The molecule has 0 aliphatic heterocycles. The first-order valence-electron chi connectivity index (χ1n) is 5.94. The molecule has 0 spiro atoms. The molecule has 17 heavy (non-hydrogen) atoms. The number of carbonyl (C=O) groups is 2. The minimum Gasteiger partial charge on any atom is -0.465 e. The third-order valence-corrected chi connectivity index (χ3v) is 3.77. The second kappa shape index (κ2) is 4.90. The lowest BCUT2D eigenvalue weighted by molar-refractivity contribution is -0.152. The largest absolute Gasteiger partial charge is 0.465 e. The fraction of sp³-hybridized carbons (Fsp3) is 0.615. The molecule has 0 saturated heterocycles. The van der Waals surface area contributed by atoms with Crippen molar-refractivity contribution >= 4 is 11.9 Å². The van der Waals surface area contributed by atoms with Gasteiger partial charge in [-0.15, -0.1) is 0 Å². The van der Waals surface area contributed by atoms with Gasteiger partial charge < -0.3 is 9.47 Å². The van der Waals surface area contributed by atoms with Crippen molar-refractivity contribution in [2.24, 2.45) is 17.8 Å². The van der Waals surface area contributed by atoms with E-state index < -0.39 is 0 Å². The lowest BCUT2D eigenvalue weighted by atomic mass is 9.87. The molecule has 4 unspecified atom stereocenters. The van der Waals surface area contributed by atoms with Crippen LogP contribution in [0.3, 0.4) is 0 Å². The molecule has 0 N–H and O–H groups in total. The van der Waals surface area contributed by atoms with Gasteiger partial charge in [-0.1, -0.05) is 6.58 Å². The molecule has 4 atom stereocenters. The van der Waals surface area contributed by atoms with Crippen molar-refractivity contribution in [1.29, 1.82) is 0 Å². The zero-order valence-corrected chi connectivity index (χ0v) is 9.76. The predicted molar refractivity (Wildman–Crippen MR) is 60.7 cm³/mol. The second-order valence-corrected chi connectivity index (χ2v) is 4.68. The topological polar surface area (TPSA) is 52.6 Å². The monoisotopic (exact) mass is 237 g/mol. The number of hydrogen-bond donors (Lipinski definition) is 0. The predicted octanol–water partition coefficient (Wildman–Crippen LogP) is 1.51. The molecule has 0 aromatic heterocycles. The summed E-state index contributed by atoms with van der Waals surface area (Å²) in [6.07, 6.45) is 3.61. The van der Waals surface area contributed by atoms with Crippen LogP contribution in [0.15, 0.2) is 12.7 Å². The molecule has 0 amide bonds. The Hall–Kier alpha value is -1.32. The zero-order chi connectivity index (χ0) is 12.4. The lowest BCUT2D eigenvalue weighted by Gasteiger charge is -2.26. The van der Waals surface area contributed by atoms with Gasteiger partial charge in [-0.2, -0.15) is 0 Å². The minimum atomic E-state index is -0.376. The van der Waals surface area contributed by atoms with E-state index in [1.165, 1.54) is 6.08 Å². The van der Waals surface area contributed by atoms with Gasteiger partial charge in [0.1, 0.15) is 6.10 Å². The van der Waals surface area contributed by atoms with Gasteiger partial charge in [0.2, 0.25) is 0 Å². The van der Waals surface area contributed by atoms with Gasteiger partial charge >= 0.3 is 11.9 Å². The van der Waals surface area contributed by atoms with Gasteiger partial charge in [0.25, 0.3) is 0 Å². The van der Waals surface area contributed by atoms with Crippen molar-refractivity contribution < 1.29 is 19.1 Å². The molecule has 2 rings (SSSR count). The maximum Gasteiger partial charge on any atom is 0.330 e. The molecular formula is C13H17O4. The second-order valence-electron chi connectivity index (χ2n) is 4.68. The molecule has 2 fully saturated rings. The average molecular weight is 237 g/mol. The summed E-state index contributed by atoms with van der Waals surface area (Å²) >= 11 is 0. The smallest absolute Gasteiger partial charge is 0.330 e. The highest BCUT2D eigenvalue weighted by atomic mass is 16.5. The van der Waals surface area contributed by atoms with Gasteiger partial charge in [-0.25, -0.2) is 4.79 Å². The highest BCUT2D eigenvalue weighted by Crippen LogP contribution is 2.50. The molecule has 93 valence electrons. The third kappa shape index (κ3) is 2.35. The first-order chi connectivity index (χ1) is 8.15. The van der Waals surface area contributed by atoms with E-state index in [0.29, 0.717) is 11.8 Å². The highest BCUT2D eigenvalue weighted by molar-refractivity contribution is 5.81. The first-order valence-corrected chi connectivity index (χ1v) is 5.94. The van der Waals surface area contributed by atoms with Crippen molar-refractivity contribution in [2.75, 3.05) is 6.61 Å². The quantitative estimate of drug-likeness (QED) is 0.549. The Kier molecular flexibility index (Phi) is 3.50. The Morgan fingerprint density at radius 1 is 1.24 bits per heavy atom. The third-order valence-electron chi connectivity index (χ3n) is 3.77. The number of fused-ring (bicyclic) bond motifs is 2. The molecule has 4 heteroatoms. The Morgan fingerprint density at radius 3 is 2.53 bits per heavy atom. The van der Waals surface area contributed by atoms with Gasteiger partial charge in [-0.05, 0) is 38.0 Å². The van der Waals surface area contributed by atoms with Crippen LogP contribution in [0.4, 0.5) is 0 Å². The van der Waals surface area contributed by atoms with Crippen molar-refractivity contribution in [1.82, 2.24) is 0 Å². The van der Waals surface area contributed by atoms with Gasteiger partial charge in [-0.3, -0.25) is 4.79 Å².